The largest absolute Gasteiger partial charge is 0.487 e. The first-order valence-electron chi connectivity index (χ1n) is 11.1. The number of pyridine rings is 1. The summed E-state index contributed by atoms with van der Waals surface area (Å²) in [6.07, 6.45) is 3.05. The molecule has 8 nitrogen and oxygen atoms in total. The third kappa shape index (κ3) is 3.59. The van der Waals surface area contributed by atoms with Crippen molar-refractivity contribution in [1.29, 1.82) is 0 Å². The Balaban J connectivity index is 1.18. The predicted molar refractivity (Wildman–Crippen MR) is 120 cm³/mol. The van der Waals surface area contributed by atoms with Crippen LogP contribution in [-0.4, -0.2) is 23.0 Å². The maximum absolute atomic E-state index is 13.4. The first kappa shape index (κ1) is 20.5. The molecule has 3 heterocycles. The van der Waals surface area contributed by atoms with Crippen LogP contribution in [0.3, 0.4) is 0 Å². The van der Waals surface area contributed by atoms with Crippen molar-refractivity contribution in [2.45, 2.75) is 37.5 Å². The fraction of sp³-hybridized carbons (Fsp3) is 0.240. The first-order valence-corrected chi connectivity index (χ1v) is 11.1. The Bertz CT molecular complexity index is 1330. The lowest BCUT2D eigenvalue weighted by Crippen LogP contribution is -2.42. The quantitative estimate of drug-likeness (QED) is 0.538. The number of nitrogens with one attached hydrogen (secondary N) is 3. The van der Waals surface area contributed by atoms with Crippen molar-refractivity contribution in [3.63, 3.8) is 0 Å². The molecule has 34 heavy (non-hydrogen) atoms. The number of hydrogen-bond acceptors (Lipinski definition) is 5. The van der Waals surface area contributed by atoms with Crippen LogP contribution in [0.4, 0.5) is 15.0 Å². The number of anilines is 1. The zero-order valence-electron chi connectivity index (χ0n) is 18.1. The Labute approximate surface area is 194 Å². The number of carbonyl (C=O) groups excluding carboxylic acids is 2. The van der Waals surface area contributed by atoms with Crippen molar-refractivity contribution >= 4 is 17.8 Å². The molecule has 1 unspecified atom stereocenters. The zero-order valence-corrected chi connectivity index (χ0v) is 18.1. The molecule has 172 valence electrons. The van der Waals surface area contributed by atoms with E-state index in [-0.39, 0.29) is 30.4 Å². The van der Waals surface area contributed by atoms with Crippen LogP contribution in [0.25, 0.3) is 0 Å². The smallest absolute Gasteiger partial charge is 0.315 e. The van der Waals surface area contributed by atoms with Gasteiger partial charge in [0.15, 0.2) is 0 Å². The van der Waals surface area contributed by atoms with Crippen LogP contribution in [0.1, 0.15) is 29.5 Å². The Morgan fingerprint density at radius 1 is 1.24 bits per heavy atom. The molecular formula is C25H21FN4O4. The van der Waals surface area contributed by atoms with E-state index in [2.05, 4.69) is 20.9 Å². The Hall–Kier alpha value is -4.14. The van der Waals surface area contributed by atoms with Gasteiger partial charge in [-0.2, -0.15) is 0 Å². The lowest BCUT2D eigenvalue weighted by molar-refractivity contribution is -0.116. The van der Waals surface area contributed by atoms with Crippen molar-refractivity contribution in [1.82, 2.24) is 15.6 Å². The molecule has 2 aliphatic heterocycles. The van der Waals surface area contributed by atoms with Crippen LogP contribution in [-0.2, 0) is 23.3 Å². The monoisotopic (exact) mass is 460 g/mol. The number of ether oxygens (including phenoxy) is 2. The van der Waals surface area contributed by atoms with E-state index in [0.29, 0.717) is 47.9 Å². The summed E-state index contributed by atoms with van der Waals surface area (Å²) in [5.41, 5.74) is 1.77. The van der Waals surface area contributed by atoms with Crippen molar-refractivity contribution in [2.75, 3.05) is 5.32 Å². The molecule has 3 aromatic rings. The summed E-state index contributed by atoms with van der Waals surface area (Å²) >= 11 is 0. The van der Waals surface area contributed by atoms with E-state index in [4.69, 9.17) is 9.47 Å². The third-order valence-electron chi connectivity index (χ3n) is 6.38. The van der Waals surface area contributed by atoms with Crippen LogP contribution in [0.2, 0.25) is 0 Å². The number of fused-ring (bicyclic) bond motifs is 4. The minimum atomic E-state index is -0.619. The van der Waals surface area contributed by atoms with Gasteiger partial charge in [0.25, 0.3) is 0 Å². The number of halogens is 1. The summed E-state index contributed by atoms with van der Waals surface area (Å²) in [7, 11) is 0. The van der Waals surface area contributed by atoms with Gasteiger partial charge in [0.05, 0.1) is 0 Å². The summed E-state index contributed by atoms with van der Waals surface area (Å²) < 4.78 is 25.5. The maximum Gasteiger partial charge on any atom is 0.315 e. The molecule has 1 aliphatic carbocycles. The molecule has 0 radical (unpaired) electrons. The second-order valence-electron chi connectivity index (χ2n) is 8.66. The minimum Gasteiger partial charge on any atom is -0.487 e. The number of urea groups is 1. The zero-order chi connectivity index (χ0) is 23.3. The van der Waals surface area contributed by atoms with E-state index in [1.807, 2.05) is 18.2 Å². The van der Waals surface area contributed by atoms with E-state index >= 15 is 0 Å². The first-order chi connectivity index (χ1) is 16.5. The topological polar surface area (TPSA) is 102 Å². The molecule has 2 atom stereocenters. The second kappa shape index (κ2) is 7.72. The van der Waals surface area contributed by atoms with Crippen LogP contribution in [0.5, 0.6) is 17.2 Å². The summed E-state index contributed by atoms with van der Waals surface area (Å²) in [5, 5.41) is 8.59. The van der Waals surface area contributed by atoms with Crippen molar-refractivity contribution in [3.05, 3.63) is 77.2 Å². The lowest BCUT2D eigenvalue weighted by atomic mass is 10.0. The number of nitrogens with zero attached hydrogens (tertiary/aromatic N) is 1. The van der Waals surface area contributed by atoms with E-state index in [1.54, 1.807) is 24.4 Å². The number of amides is 3. The predicted octanol–water partition coefficient (Wildman–Crippen LogP) is 3.76. The molecule has 3 N–H and O–H groups in total. The molecule has 0 saturated heterocycles. The van der Waals surface area contributed by atoms with Crippen LogP contribution in [0.15, 0.2) is 54.7 Å². The van der Waals surface area contributed by atoms with Crippen LogP contribution < -0.4 is 25.4 Å². The lowest BCUT2D eigenvalue weighted by Gasteiger charge is -2.20. The number of hydrogen-bond donors (Lipinski definition) is 3. The van der Waals surface area contributed by atoms with Gasteiger partial charge in [0.2, 0.25) is 5.91 Å². The summed E-state index contributed by atoms with van der Waals surface area (Å²) in [6, 6.07) is 13.1. The molecule has 0 bridgehead atoms. The van der Waals surface area contributed by atoms with E-state index in [0.717, 1.165) is 11.1 Å². The van der Waals surface area contributed by atoms with Gasteiger partial charge in [-0.05, 0) is 48.4 Å². The van der Waals surface area contributed by atoms with Crippen LogP contribution >= 0.6 is 0 Å². The second-order valence-corrected chi connectivity index (χ2v) is 8.66. The molecule has 3 amide bonds. The molecule has 1 fully saturated rings. The standard InChI is InChI=1S/C25H21FN4O4/c26-15-3-1-2-14(10-15)13-28-24(32)30-25-12-21(25)34-20-6-4-16(11-18(20)25)33-19-8-9-27-23-17(19)5-7-22(31)29-23/h1-4,6,8-11,21H,5,7,12-13H2,(H,27,29,31)(H2,28,30,32)/t21-,25?/m0/s1. The minimum absolute atomic E-state index is 0.0599. The average Bonchev–Trinajstić information content (AvgIpc) is 3.42. The molecule has 1 aromatic heterocycles. The summed E-state index contributed by atoms with van der Waals surface area (Å²) in [6.45, 7) is 0.213. The molecule has 6 rings (SSSR count). The fourth-order valence-electron chi connectivity index (χ4n) is 4.59. The average molecular weight is 460 g/mol. The van der Waals surface area contributed by atoms with Gasteiger partial charge < -0.3 is 25.4 Å². The number of rotatable bonds is 5. The Morgan fingerprint density at radius 2 is 2.15 bits per heavy atom. The molecule has 9 heteroatoms. The fourth-order valence-corrected chi connectivity index (χ4v) is 4.59. The molecule has 1 saturated carbocycles. The number of benzene rings is 2. The van der Waals surface area contributed by atoms with Crippen molar-refractivity contribution < 1.29 is 23.5 Å². The Kier molecular flexibility index (Phi) is 4.65. The third-order valence-corrected chi connectivity index (χ3v) is 6.38. The summed E-state index contributed by atoms with van der Waals surface area (Å²) in [5.74, 6) is 2.05. The highest BCUT2D eigenvalue weighted by Gasteiger charge is 2.64. The normalized spacial score (nSPS) is 21.3. The van der Waals surface area contributed by atoms with Gasteiger partial charge in [0, 0.05) is 36.7 Å². The SMILES string of the molecule is O=C1CCc2c(Oc3ccc4c(c3)C3(NC(=O)NCc5cccc(F)c5)C[C@@H]3O4)ccnc2N1. The highest BCUT2D eigenvalue weighted by molar-refractivity contribution is 5.93. The van der Waals surface area contributed by atoms with Gasteiger partial charge in [-0.1, -0.05) is 12.1 Å². The van der Waals surface area contributed by atoms with E-state index in [1.165, 1.54) is 12.1 Å². The van der Waals surface area contributed by atoms with E-state index < -0.39 is 5.54 Å². The number of aromatic nitrogens is 1. The maximum atomic E-state index is 13.4. The van der Waals surface area contributed by atoms with Gasteiger partial charge in [-0.25, -0.2) is 14.2 Å². The highest BCUT2D eigenvalue weighted by Crippen LogP contribution is 2.57. The molecule has 3 aliphatic rings. The summed E-state index contributed by atoms with van der Waals surface area (Å²) in [4.78, 5) is 28.5. The Morgan fingerprint density at radius 3 is 3.03 bits per heavy atom. The number of carbonyl (C=O) groups is 2. The molecular weight excluding hydrogens is 439 g/mol. The van der Waals surface area contributed by atoms with Crippen LogP contribution in [0, 0.1) is 5.82 Å². The van der Waals surface area contributed by atoms with Gasteiger partial charge >= 0.3 is 6.03 Å². The molecule has 2 aromatic carbocycles. The van der Waals surface area contributed by atoms with Gasteiger partial charge in [-0.15, -0.1) is 0 Å². The van der Waals surface area contributed by atoms with Gasteiger partial charge in [-0.3, -0.25) is 4.79 Å². The van der Waals surface area contributed by atoms with Gasteiger partial charge in [0.1, 0.15) is 40.5 Å². The molecule has 0 spiro atoms. The highest BCUT2D eigenvalue weighted by atomic mass is 19.1. The van der Waals surface area contributed by atoms with Crippen molar-refractivity contribution in [2.24, 2.45) is 0 Å². The van der Waals surface area contributed by atoms with E-state index in [9.17, 15) is 14.0 Å². The van der Waals surface area contributed by atoms with Crippen molar-refractivity contribution in [3.8, 4) is 17.2 Å².